The Morgan fingerprint density at radius 1 is 1.26 bits per heavy atom. The summed E-state index contributed by atoms with van der Waals surface area (Å²) in [7, 11) is -3.44. The maximum atomic E-state index is 11.8. The quantitative estimate of drug-likeness (QED) is 0.704. The second-order valence-corrected chi connectivity index (χ2v) is 6.64. The minimum absolute atomic E-state index is 0.0794. The molecule has 1 aromatic carbocycles. The molecule has 0 radical (unpaired) electrons. The van der Waals surface area contributed by atoms with Gasteiger partial charge in [0.1, 0.15) is 0 Å². The Bertz CT molecular complexity index is 701. The molecule has 6 nitrogen and oxygen atoms in total. The zero-order valence-corrected chi connectivity index (χ0v) is 11.6. The normalized spacial score (nSPS) is 11.6. The van der Waals surface area contributed by atoms with E-state index in [1.807, 2.05) is 0 Å². The average molecular weight is 299 g/mol. The van der Waals surface area contributed by atoms with Crippen LogP contribution in [0.2, 0.25) is 0 Å². The Morgan fingerprint density at radius 3 is 2.53 bits per heavy atom. The minimum atomic E-state index is -3.44. The summed E-state index contributed by atoms with van der Waals surface area (Å²) in [6.45, 7) is 0.0794. The second-order valence-electron chi connectivity index (χ2n) is 4.00. The summed E-state index contributed by atoms with van der Waals surface area (Å²) in [5.74, 6) is -0.123. The standard InChI is InChI=1S/C11H13N3O3S2/c12-9-3-1-8(2-4-9)7-19(16,17)13-5-10-6-18-11(15)14-10/h1-4,6,13H,5,7,12H2,(H,14,15). The lowest BCUT2D eigenvalue weighted by Crippen LogP contribution is -2.25. The highest BCUT2D eigenvalue weighted by atomic mass is 32.2. The lowest BCUT2D eigenvalue weighted by molar-refractivity contribution is 0.579. The number of hydrogen-bond acceptors (Lipinski definition) is 5. The molecule has 0 unspecified atom stereocenters. The molecule has 1 aromatic heterocycles. The number of aromatic amines is 1. The molecule has 0 bridgehead atoms. The van der Waals surface area contributed by atoms with E-state index < -0.39 is 10.0 Å². The number of nitrogens with one attached hydrogen (secondary N) is 2. The lowest BCUT2D eigenvalue weighted by Gasteiger charge is -2.06. The van der Waals surface area contributed by atoms with Crippen molar-refractivity contribution in [2.45, 2.75) is 12.3 Å². The van der Waals surface area contributed by atoms with Crippen LogP contribution in [0.25, 0.3) is 0 Å². The number of anilines is 1. The Labute approximate surface area is 114 Å². The van der Waals surface area contributed by atoms with Crippen LogP contribution in [-0.2, 0) is 22.3 Å². The molecule has 0 aliphatic rings. The van der Waals surface area contributed by atoms with Gasteiger partial charge in [-0.25, -0.2) is 13.1 Å². The van der Waals surface area contributed by atoms with Crippen molar-refractivity contribution < 1.29 is 8.42 Å². The minimum Gasteiger partial charge on any atom is -0.399 e. The maximum absolute atomic E-state index is 11.8. The molecule has 8 heteroatoms. The van der Waals surface area contributed by atoms with E-state index in [0.717, 1.165) is 11.3 Å². The number of aromatic nitrogens is 1. The molecule has 0 amide bonds. The van der Waals surface area contributed by atoms with Crippen LogP contribution in [0, 0.1) is 0 Å². The topological polar surface area (TPSA) is 105 Å². The summed E-state index contributed by atoms with van der Waals surface area (Å²) in [5, 5.41) is 1.59. The fraction of sp³-hybridized carbons (Fsp3) is 0.182. The largest absolute Gasteiger partial charge is 0.399 e. The number of nitrogens with two attached hydrogens (primary N) is 1. The summed E-state index contributed by atoms with van der Waals surface area (Å²) >= 11 is 1.00. The predicted molar refractivity (Wildman–Crippen MR) is 75.3 cm³/mol. The molecule has 102 valence electrons. The van der Waals surface area contributed by atoms with Crippen LogP contribution in [0.3, 0.4) is 0 Å². The van der Waals surface area contributed by atoms with Crippen molar-refractivity contribution in [1.29, 1.82) is 0 Å². The highest BCUT2D eigenvalue weighted by Gasteiger charge is 2.11. The van der Waals surface area contributed by atoms with Gasteiger partial charge in [-0.15, -0.1) is 0 Å². The number of rotatable bonds is 5. The van der Waals surface area contributed by atoms with Gasteiger partial charge >= 0.3 is 4.87 Å². The molecule has 19 heavy (non-hydrogen) atoms. The second kappa shape index (κ2) is 5.55. The summed E-state index contributed by atoms with van der Waals surface area (Å²) in [5.41, 5.74) is 7.32. The summed E-state index contributed by atoms with van der Waals surface area (Å²) < 4.78 is 26.1. The van der Waals surface area contributed by atoms with Crippen molar-refractivity contribution in [1.82, 2.24) is 9.71 Å². The summed E-state index contributed by atoms with van der Waals surface area (Å²) in [6, 6.07) is 6.64. The van der Waals surface area contributed by atoms with E-state index in [4.69, 9.17) is 5.73 Å². The van der Waals surface area contributed by atoms with Gasteiger partial charge in [-0.2, -0.15) is 0 Å². The Kier molecular flexibility index (Phi) is 4.03. The molecule has 0 saturated carbocycles. The molecule has 0 aliphatic heterocycles. The highest BCUT2D eigenvalue weighted by Crippen LogP contribution is 2.09. The first-order valence-electron chi connectivity index (χ1n) is 5.43. The van der Waals surface area contributed by atoms with Crippen LogP contribution in [0.1, 0.15) is 11.3 Å². The van der Waals surface area contributed by atoms with Crippen molar-refractivity contribution in [3.63, 3.8) is 0 Å². The highest BCUT2D eigenvalue weighted by molar-refractivity contribution is 7.88. The molecule has 2 aromatic rings. The van der Waals surface area contributed by atoms with Gasteiger partial charge in [0.2, 0.25) is 10.0 Å². The van der Waals surface area contributed by atoms with Crippen molar-refractivity contribution in [3.05, 3.63) is 50.6 Å². The van der Waals surface area contributed by atoms with Crippen LogP contribution in [0.15, 0.2) is 34.4 Å². The van der Waals surface area contributed by atoms with Crippen LogP contribution in [0.5, 0.6) is 0 Å². The molecular weight excluding hydrogens is 286 g/mol. The molecule has 0 atom stereocenters. The van der Waals surface area contributed by atoms with Crippen molar-refractivity contribution >= 4 is 27.0 Å². The molecule has 0 spiro atoms. The number of nitrogen functional groups attached to an aromatic ring is 1. The molecule has 1 heterocycles. The summed E-state index contributed by atoms with van der Waals surface area (Å²) in [6.07, 6.45) is 0. The first-order valence-corrected chi connectivity index (χ1v) is 7.96. The molecule has 0 fully saturated rings. The van der Waals surface area contributed by atoms with Crippen molar-refractivity contribution in [2.75, 3.05) is 5.73 Å². The van der Waals surface area contributed by atoms with Gasteiger partial charge in [0.15, 0.2) is 0 Å². The van der Waals surface area contributed by atoms with E-state index in [2.05, 4.69) is 9.71 Å². The Hall–Kier alpha value is -1.64. The number of H-pyrrole nitrogens is 1. The van der Waals surface area contributed by atoms with E-state index in [9.17, 15) is 13.2 Å². The van der Waals surface area contributed by atoms with Gasteiger partial charge in [0.25, 0.3) is 0 Å². The first-order chi connectivity index (χ1) is 8.94. The third-order valence-corrected chi connectivity index (χ3v) is 4.41. The molecule has 0 aliphatic carbocycles. The van der Waals surface area contributed by atoms with Crippen molar-refractivity contribution in [3.8, 4) is 0 Å². The van der Waals surface area contributed by atoms with Gasteiger partial charge < -0.3 is 10.7 Å². The summed E-state index contributed by atoms with van der Waals surface area (Å²) in [4.78, 5) is 13.2. The van der Waals surface area contributed by atoms with Gasteiger partial charge in [-0.05, 0) is 17.7 Å². The predicted octanol–water partition coefficient (Wildman–Crippen LogP) is 0.638. The first kappa shape index (κ1) is 13.8. The Balaban J connectivity index is 1.98. The number of hydrogen-bond donors (Lipinski definition) is 3. The SMILES string of the molecule is Nc1ccc(CS(=O)(=O)NCc2csc(=O)[nH]2)cc1. The van der Waals surface area contributed by atoms with Crippen LogP contribution in [0.4, 0.5) is 5.69 Å². The van der Waals surface area contributed by atoms with Crippen molar-refractivity contribution in [2.24, 2.45) is 0 Å². The van der Waals surface area contributed by atoms with Gasteiger partial charge in [0, 0.05) is 16.8 Å². The smallest absolute Gasteiger partial charge is 0.304 e. The van der Waals surface area contributed by atoms with Gasteiger partial charge in [0.05, 0.1) is 12.3 Å². The number of thiazole rings is 1. The molecular formula is C11H13N3O3S2. The van der Waals surface area contributed by atoms with E-state index in [0.29, 0.717) is 16.9 Å². The van der Waals surface area contributed by atoms with Gasteiger partial charge in [-0.1, -0.05) is 23.5 Å². The number of benzene rings is 1. The van der Waals surface area contributed by atoms with Crippen LogP contribution >= 0.6 is 11.3 Å². The van der Waals surface area contributed by atoms with E-state index in [-0.39, 0.29) is 17.2 Å². The third-order valence-electron chi connectivity index (χ3n) is 2.39. The lowest BCUT2D eigenvalue weighted by atomic mass is 10.2. The van der Waals surface area contributed by atoms with Crippen LogP contribution < -0.4 is 15.3 Å². The van der Waals surface area contributed by atoms with E-state index >= 15 is 0 Å². The van der Waals surface area contributed by atoms with Crippen LogP contribution in [-0.4, -0.2) is 13.4 Å². The molecule has 0 saturated heterocycles. The third kappa shape index (κ3) is 4.19. The molecule has 2 rings (SSSR count). The Morgan fingerprint density at radius 2 is 1.95 bits per heavy atom. The fourth-order valence-corrected chi connectivity index (χ4v) is 3.16. The average Bonchev–Trinajstić information content (AvgIpc) is 2.76. The number of sulfonamides is 1. The van der Waals surface area contributed by atoms with E-state index in [1.54, 1.807) is 29.6 Å². The zero-order chi connectivity index (χ0) is 13.9. The van der Waals surface area contributed by atoms with E-state index in [1.165, 1.54) is 0 Å². The molecule has 4 N–H and O–H groups in total. The fourth-order valence-electron chi connectivity index (χ4n) is 1.47. The van der Waals surface area contributed by atoms with Gasteiger partial charge in [-0.3, -0.25) is 4.79 Å². The maximum Gasteiger partial charge on any atom is 0.304 e. The monoisotopic (exact) mass is 299 g/mol. The zero-order valence-electron chi connectivity index (χ0n) is 9.92.